The van der Waals surface area contributed by atoms with Crippen molar-refractivity contribution in [3.05, 3.63) is 157 Å². The van der Waals surface area contributed by atoms with Crippen LogP contribution >= 0.6 is 0 Å². The standard InChI is InChI=1S/C15H11N3O2.3C6H5.Sn/c19-13-9-5-4-8-12(13)10-16-15-18-17-14(20-15)11-6-2-1-3-7-11;3*1-2-4-6-5-3-1;/h1-10H,(H,16,18);3*1-5H;/b12-10-;;;;. The van der Waals surface area contributed by atoms with Crippen LogP contribution in [0.1, 0.15) is 0 Å². The van der Waals surface area contributed by atoms with E-state index in [-0.39, 0.29) is 11.8 Å². The van der Waals surface area contributed by atoms with E-state index in [4.69, 9.17) is 4.42 Å². The Balaban J connectivity index is 0.000000158. The van der Waals surface area contributed by atoms with E-state index in [0.29, 0.717) is 11.5 Å². The number of carbonyl (C=O) groups is 1. The van der Waals surface area contributed by atoms with Crippen LogP contribution in [-0.4, -0.2) is 35.7 Å². The predicted molar refractivity (Wildman–Crippen MR) is 159 cm³/mol. The Morgan fingerprint density at radius 1 is 0.615 bits per heavy atom. The second-order valence-corrected chi connectivity index (χ2v) is 15.7. The monoisotopic (exact) mass is 616 g/mol. The quantitative estimate of drug-likeness (QED) is 0.217. The van der Waals surface area contributed by atoms with Crippen molar-refractivity contribution in [1.29, 1.82) is 0 Å². The molecule has 4 aromatic carbocycles. The van der Waals surface area contributed by atoms with E-state index in [0.717, 1.165) is 5.56 Å². The second kappa shape index (κ2) is 13.3. The molecule has 1 aliphatic carbocycles. The van der Waals surface area contributed by atoms with Gasteiger partial charge in [0.15, 0.2) is 5.78 Å². The predicted octanol–water partition coefficient (Wildman–Crippen LogP) is 4.93. The van der Waals surface area contributed by atoms with Gasteiger partial charge in [0.25, 0.3) is 0 Å². The van der Waals surface area contributed by atoms with Crippen LogP contribution < -0.4 is 16.1 Å². The molecule has 0 unspecified atom stereocenters. The first-order valence-electron chi connectivity index (χ1n) is 12.6. The summed E-state index contributed by atoms with van der Waals surface area (Å²) in [7, 11) is 0. The van der Waals surface area contributed by atoms with E-state index in [9.17, 15) is 4.79 Å². The van der Waals surface area contributed by atoms with E-state index in [2.05, 4.69) is 107 Å². The number of aromatic nitrogens is 2. The third kappa shape index (κ3) is 7.09. The fourth-order valence-corrected chi connectivity index (χ4v) is 11.4. The number of benzene rings is 4. The number of allylic oxidation sites excluding steroid dienone is 5. The summed E-state index contributed by atoms with van der Waals surface area (Å²) >= 11 is -1.98. The summed E-state index contributed by atoms with van der Waals surface area (Å²) in [4.78, 5) is 11.5. The van der Waals surface area contributed by atoms with E-state index in [1.165, 1.54) is 16.8 Å². The molecule has 0 fully saturated rings. The van der Waals surface area contributed by atoms with E-state index in [1.54, 1.807) is 24.4 Å². The molecule has 0 atom stereocenters. The molecular formula is C33H26N3O2Sn. The van der Waals surface area contributed by atoms with Crippen LogP contribution in [0, 0.1) is 0 Å². The summed E-state index contributed by atoms with van der Waals surface area (Å²) in [5, 5.41) is 10.6. The van der Waals surface area contributed by atoms with Gasteiger partial charge in [0.1, 0.15) is 0 Å². The molecule has 1 aliphatic rings. The molecule has 0 bridgehead atoms. The summed E-state index contributed by atoms with van der Waals surface area (Å²) < 4.78 is 10.1. The van der Waals surface area contributed by atoms with Gasteiger partial charge < -0.3 is 9.73 Å². The number of ketones is 1. The average Bonchev–Trinajstić information content (AvgIpc) is 3.49. The molecular weight excluding hydrogens is 589 g/mol. The summed E-state index contributed by atoms with van der Waals surface area (Å²) in [5.74, 6) is 0.361. The minimum absolute atomic E-state index is 0.0669. The number of rotatable bonds is 6. The maximum atomic E-state index is 11.5. The fraction of sp³-hybridized carbons (Fsp3) is 0. The average molecular weight is 615 g/mol. The zero-order valence-corrected chi connectivity index (χ0v) is 24.0. The normalized spacial score (nSPS) is 13.3. The molecule has 5 aromatic rings. The van der Waals surface area contributed by atoms with Crippen molar-refractivity contribution in [2.75, 3.05) is 5.32 Å². The Bertz CT molecular complexity index is 1490. The molecule has 0 aliphatic heterocycles. The van der Waals surface area contributed by atoms with Crippen LogP contribution in [0.3, 0.4) is 0 Å². The Kier molecular flexibility index (Phi) is 8.94. The van der Waals surface area contributed by atoms with Gasteiger partial charge in [0.2, 0.25) is 5.89 Å². The molecule has 39 heavy (non-hydrogen) atoms. The molecule has 189 valence electrons. The maximum absolute atomic E-state index is 11.5. The molecule has 0 saturated carbocycles. The molecule has 1 aromatic heterocycles. The van der Waals surface area contributed by atoms with E-state index in [1.807, 2.05) is 30.3 Å². The van der Waals surface area contributed by atoms with Gasteiger partial charge in [-0.1, -0.05) is 35.4 Å². The number of nitrogens with one attached hydrogen (secondary N) is 1. The molecule has 5 nitrogen and oxygen atoms in total. The van der Waals surface area contributed by atoms with Crippen molar-refractivity contribution in [1.82, 2.24) is 10.2 Å². The summed E-state index contributed by atoms with van der Waals surface area (Å²) in [6, 6.07) is 42.7. The van der Waals surface area contributed by atoms with Crippen molar-refractivity contribution in [3.8, 4) is 11.5 Å². The molecule has 0 saturated heterocycles. The van der Waals surface area contributed by atoms with E-state index < -0.39 is 19.8 Å². The van der Waals surface area contributed by atoms with Crippen molar-refractivity contribution in [2.45, 2.75) is 0 Å². The van der Waals surface area contributed by atoms with Crippen molar-refractivity contribution in [3.63, 3.8) is 0 Å². The SMILES string of the molecule is O=C1C=CC=C/C1=C/Nc1nnc(-c2ccccc2)o1.c1cc[c]([Sn]([c]2ccccc2)[c]2ccccc2)cc1. The van der Waals surface area contributed by atoms with Gasteiger partial charge in [-0.2, -0.15) is 0 Å². The zero-order chi connectivity index (χ0) is 26.7. The van der Waals surface area contributed by atoms with Gasteiger partial charge in [-0.15, -0.1) is 5.10 Å². The first-order valence-corrected chi connectivity index (χ1v) is 16.8. The Morgan fingerprint density at radius 3 is 1.62 bits per heavy atom. The first-order chi connectivity index (χ1) is 19.3. The van der Waals surface area contributed by atoms with Gasteiger partial charge >= 0.3 is 128 Å². The van der Waals surface area contributed by atoms with Crippen LogP contribution in [0.2, 0.25) is 0 Å². The van der Waals surface area contributed by atoms with Crippen molar-refractivity contribution < 1.29 is 9.21 Å². The molecule has 1 heterocycles. The zero-order valence-electron chi connectivity index (χ0n) is 21.1. The number of nitrogens with zero attached hydrogens (tertiary/aromatic N) is 2. The number of hydrogen-bond acceptors (Lipinski definition) is 5. The van der Waals surface area contributed by atoms with Crippen LogP contribution in [0.5, 0.6) is 0 Å². The van der Waals surface area contributed by atoms with Gasteiger partial charge in [0, 0.05) is 17.3 Å². The van der Waals surface area contributed by atoms with Crippen molar-refractivity contribution in [2.24, 2.45) is 0 Å². The fourth-order valence-electron chi connectivity index (χ4n) is 4.03. The minimum atomic E-state index is -1.98. The number of hydrogen-bond donors (Lipinski definition) is 1. The number of anilines is 1. The van der Waals surface area contributed by atoms with Crippen LogP contribution in [0.25, 0.3) is 11.5 Å². The van der Waals surface area contributed by atoms with Crippen LogP contribution in [-0.2, 0) is 4.79 Å². The third-order valence-electron chi connectivity index (χ3n) is 5.90. The molecule has 6 rings (SSSR count). The van der Waals surface area contributed by atoms with Crippen LogP contribution in [0.4, 0.5) is 6.01 Å². The van der Waals surface area contributed by atoms with Gasteiger partial charge in [-0.3, -0.25) is 4.79 Å². The van der Waals surface area contributed by atoms with Gasteiger partial charge in [-0.25, -0.2) is 0 Å². The topological polar surface area (TPSA) is 68.0 Å². The molecule has 6 heteroatoms. The molecule has 1 N–H and O–H groups in total. The molecule has 0 spiro atoms. The summed E-state index contributed by atoms with van der Waals surface area (Å²) in [6.07, 6.45) is 8.24. The Labute approximate surface area is 235 Å². The Hall–Kier alpha value is -4.49. The molecule has 0 amide bonds. The number of carbonyl (C=O) groups excluding carboxylic acids is 1. The van der Waals surface area contributed by atoms with Gasteiger partial charge in [-0.05, 0) is 24.3 Å². The first kappa shape index (κ1) is 26.1. The summed E-state index contributed by atoms with van der Waals surface area (Å²) in [6.45, 7) is 0. The molecule has 1 radical (unpaired) electrons. The third-order valence-corrected chi connectivity index (χ3v) is 13.7. The second-order valence-electron chi connectivity index (χ2n) is 8.58. The van der Waals surface area contributed by atoms with Crippen LogP contribution in [0.15, 0.2) is 162 Å². The van der Waals surface area contributed by atoms with Crippen molar-refractivity contribution >= 4 is 42.3 Å². The van der Waals surface area contributed by atoms with Gasteiger partial charge in [0.05, 0.1) is 0 Å². The Morgan fingerprint density at radius 2 is 1.10 bits per heavy atom. The van der Waals surface area contributed by atoms with E-state index >= 15 is 0 Å². The summed E-state index contributed by atoms with van der Waals surface area (Å²) in [5.41, 5.74) is 1.38.